The van der Waals surface area contributed by atoms with Crippen molar-refractivity contribution < 1.29 is 9.18 Å². The predicted molar refractivity (Wildman–Crippen MR) is 93.2 cm³/mol. The molecule has 1 aromatic rings. The third-order valence-corrected chi connectivity index (χ3v) is 5.73. The largest absolute Gasteiger partial charge is 0.340 e. The highest BCUT2D eigenvalue weighted by Crippen LogP contribution is 2.31. The van der Waals surface area contributed by atoms with E-state index in [4.69, 9.17) is 0 Å². The number of hydrogen-bond acceptors (Lipinski definition) is 3. The molecule has 4 nitrogen and oxygen atoms in total. The lowest BCUT2D eigenvalue weighted by atomic mass is 10.0. The van der Waals surface area contributed by atoms with Gasteiger partial charge in [-0.25, -0.2) is 4.39 Å². The van der Waals surface area contributed by atoms with Gasteiger partial charge in [-0.2, -0.15) is 0 Å². The van der Waals surface area contributed by atoms with E-state index >= 15 is 0 Å². The molecule has 1 amide bonds. The smallest absolute Gasteiger partial charge is 0.219 e. The van der Waals surface area contributed by atoms with Gasteiger partial charge in [-0.3, -0.25) is 14.6 Å². The van der Waals surface area contributed by atoms with Crippen molar-refractivity contribution in [3.63, 3.8) is 0 Å². The van der Waals surface area contributed by atoms with Gasteiger partial charge in [0.25, 0.3) is 0 Å². The average Bonchev–Trinajstić information content (AvgIpc) is 2.96. The molecule has 5 heteroatoms. The topological polar surface area (TPSA) is 26.8 Å². The molecule has 3 rings (SSSR count). The minimum absolute atomic E-state index is 0.0946. The van der Waals surface area contributed by atoms with Crippen molar-refractivity contribution in [1.82, 2.24) is 14.7 Å². The number of likely N-dealkylation sites (tertiary alicyclic amines) is 1. The summed E-state index contributed by atoms with van der Waals surface area (Å²) < 4.78 is 14.1. The number of benzene rings is 1. The second kappa shape index (κ2) is 7.19. The van der Waals surface area contributed by atoms with E-state index in [2.05, 4.69) is 23.6 Å². The minimum Gasteiger partial charge on any atom is -0.340 e. The Hall–Kier alpha value is -1.46. The number of piperazine rings is 1. The van der Waals surface area contributed by atoms with Crippen LogP contribution in [0.5, 0.6) is 0 Å². The Balaban J connectivity index is 1.63. The molecule has 0 aromatic heterocycles. The van der Waals surface area contributed by atoms with Crippen molar-refractivity contribution in [3.05, 3.63) is 35.6 Å². The van der Waals surface area contributed by atoms with E-state index < -0.39 is 0 Å². The lowest BCUT2D eigenvalue weighted by Gasteiger charge is -2.39. The lowest BCUT2D eigenvalue weighted by molar-refractivity contribution is -0.130. The molecule has 3 atom stereocenters. The standard InChI is InChI=1S/C19H28FN3O/c1-14-12-23(15(2)17-6-4-5-7-18(17)20)13-19(14)22-10-8-21(9-11-22)16(3)24/h4-7,14-15,19H,8-13H2,1-3H3/t14-,15+,19+/m0/s1. The first-order valence-corrected chi connectivity index (χ1v) is 8.95. The van der Waals surface area contributed by atoms with E-state index in [9.17, 15) is 9.18 Å². The zero-order valence-corrected chi connectivity index (χ0v) is 14.9. The van der Waals surface area contributed by atoms with Crippen LogP contribution in [-0.4, -0.2) is 65.9 Å². The number of carbonyl (C=O) groups is 1. The summed E-state index contributed by atoms with van der Waals surface area (Å²) in [5.74, 6) is 0.614. The Kier molecular flexibility index (Phi) is 5.21. The molecule has 0 aliphatic carbocycles. The maximum absolute atomic E-state index is 14.1. The Morgan fingerprint density at radius 2 is 1.83 bits per heavy atom. The van der Waals surface area contributed by atoms with E-state index in [0.29, 0.717) is 12.0 Å². The van der Waals surface area contributed by atoms with Crippen molar-refractivity contribution >= 4 is 5.91 Å². The zero-order valence-electron chi connectivity index (χ0n) is 14.9. The van der Waals surface area contributed by atoms with Crippen LogP contribution in [0.1, 0.15) is 32.4 Å². The molecule has 132 valence electrons. The van der Waals surface area contributed by atoms with Gasteiger partial charge in [-0.05, 0) is 18.9 Å². The maximum Gasteiger partial charge on any atom is 0.219 e. The van der Waals surface area contributed by atoms with Gasteiger partial charge >= 0.3 is 0 Å². The Labute approximate surface area is 144 Å². The van der Waals surface area contributed by atoms with Crippen LogP contribution in [0.3, 0.4) is 0 Å². The molecule has 2 saturated heterocycles. The minimum atomic E-state index is -0.115. The Morgan fingerprint density at radius 1 is 1.17 bits per heavy atom. The summed E-state index contributed by atoms with van der Waals surface area (Å²) in [6, 6.07) is 7.68. The van der Waals surface area contributed by atoms with Crippen LogP contribution >= 0.6 is 0 Å². The quantitative estimate of drug-likeness (QED) is 0.850. The van der Waals surface area contributed by atoms with E-state index in [1.54, 1.807) is 19.1 Å². The Morgan fingerprint density at radius 3 is 2.46 bits per heavy atom. The molecule has 0 bridgehead atoms. The van der Waals surface area contributed by atoms with Crippen molar-refractivity contribution in [2.75, 3.05) is 39.3 Å². The first kappa shape index (κ1) is 17.4. The van der Waals surface area contributed by atoms with Crippen molar-refractivity contribution in [2.24, 2.45) is 5.92 Å². The first-order valence-electron chi connectivity index (χ1n) is 8.95. The molecular weight excluding hydrogens is 305 g/mol. The van der Waals surface area contributed by atoms with Gasteiger partial charge in [0, 0.05) is 63.8 Å². The van der Waals surface area contributed by atoms with E-state index in [1.165, 1.54) is 0 Å². The number of hydrogen-bond donors (Lipinski definition) is 0. The number of halogens is 1. The Bertz CT molecular complexity index is 586. The average molecular weight is 333 g/mol. The van der Waals surface area contributed by atoms with Crippen LogP contribution in [0, 0.1) is 11.7 Å². The second-order valence-corrected chi connectivity index (χ2v) is 7.24. The zero-order chi connectivity index (χ0) is 17.3. The second-order valence-electron chi connectivity index (χ2n) is 7.24. The van der Waals surface area contributed by atoms with Crippen LogP contribution in [-0.2, 0) is 4.79 Å². The van der Waals surface area contributed by atoms with Crippen LogP contribution < -0.4 is 0 Å². The molecule has 24 heavy (non-hydrogen) atoms. The number of rotatable bonds is 3. The summed E-state index contributed by atoms with van der Waals surface area (Å²) >= 11 is 0. The fraction of sp³-hybridized carbons (Fsp3) is 0.632. The summed E-state index contributed by atoms with van der Waals surface area (Å²) in [6.45, 7) is 11.5. The molecule has 0 N–H and O–H groups in total. The van der Waals surface area contributed by atoms with Crippen LogP contribution in [0.25, 0.3) is 0 Å². The molecule has 0 spiro atoms. The summed E-state index contributed by atoms with van der Waals surface area (Å²) in [6.07, 6.45) is 0. The lowest BCUT2D eigenvalue weighted by Crippen LogP contribution is -2.53. The van der Waals surface area contributed by atoms with Crippen LogP contribution in [0.15, 0.2) is 24.3 Å². The van der Waals surface area contributed by atoms with Gasteiger partial charge in [-0.15, -0.1) is 0 Å². The highest BCUT2D eigenvalue weighted by atomic mass is 19.1. The summed E-state index contributed by atoms with van der Waals surface area (Å²) in [7, 11) is 0. The van der Waals surface area contributed by atoms with Crippen LogP contribution in [0.2, 0.25) is 0 Å². The molecule has 1 aromatic carbocycles. The highest BCUT2D eigenvalue weighted by Gasteiger charge is 2.37. The van der Waals surface area contributed by atoms with Crippen molar-refractivity contribution in [1.29, 1.82) is 0 Å². The van der Waals surface area contributed by atoms with Gasteiger partial charge in [0.2, 0.25) is 5.91 Å². The summed E-state index contributed by atoms with van der Waals surface area (Å²) in [4.78, 5) is 18.3. The third-order valence-electron chi connectivity index (χ3n) is 5.73. The van der Waals surface area contributed by atoms with Gasteiger partial charge in [0.1, 0.15) is 5.82 Å². The van der Waals surface area contributed by atoms with E-state index in [0.717, 1.165) is 44.8 Å². The fourth-order valence-corrected chi connectivity index (χ4v) is 4.16. The predicted octanol–water partition coefficient (Wildman–Crippen LogP) is 2.37. The number of amides is 1. The fourth-order valence-electron chi connectivity index (χ4n) is 4.16. The first-order chi connectivity index (χ1) is 11.5. The van der Waals surface area contributed by atoms with E-state index in [1.807, 2.05) is 17.0 Å². The highest BCUT2D eigenvalue weighted by molar-refractivity contribution is 5.73. The molecule has 2 aliphatic rings. The number of nitrogens with zero attached hydrogens (tertiary/aromatic N) is 3. The van der Waals surface area contributed by atoms with E-state index in [-0.39, 0.29) is 17.8 Å². The SMILES string of the molecule is CC(=O)N1CCN([C@@H]2CN([C@H](C)c3ccccc3F)C[C@@H]2C)CC1. The molecule has 0 radical (unpaired) electrons. The monoisotopic (exact) mass is 333 g/mol. The third kappa shape index (κ3) is 3.47. The van der Waals surface area contributed by atoms with Gasteiger partial charge in [0.05, 0.1) is 0 Å². The molecule has 2 heterocycles. The maximum atomic E-state index is 14.1. The van der Waals surface area contributed by atoms with Crippen molar-refractivity contribution in [2.45, 2.75) is 32.9 Å². The van der Waals surface area contributed by atoms with Gasteiger partial charge in [-0.1, -0.05) is 25.1 Å². The molecule has 2 aliphatic heterocycles. The molecule has 2 fully saturated rings. The number of carbonyl (C=O) groups excluding carboxylic acids is 1. The van der Waals surface area contributed by atoms with Crippen LogP contribution in [0.4, 0.5) is 4.39 Å². The normalized spacial score (nSPS) is 27.4. The summed E-state index contributed by atoms with van der Waals surface area (Å²) in [5.41, 5.74) is 0.784. The molecule has 0 unspecified atom stereocenters. The van der Waals surface area contributed by atoms with Gasteiger partial charge < -0.3 is 4.90 Å². The summed E-state index contributed by atoms with van der Waals surface area (Å²) in [5, 5.41) is 0. The van der Waals surface area contributed by atoms with Crippen molar-refractivity contribution in [3.8, 4) is 0 Å². The molecule has 0 saturated carbocycles. The molecular formula is C19H28FN3O. The van der Waals surface area contributed by atoms with Gasteiger partial charge in [0.15, 0.2) is 0 Å².